The predicted octanol–water partition coefficient (Wildman–Crippen LogP) is 29.8. The number of fused-ring (bicyclic) bond motifs is 12. The molecule has 16 heteroatoms. The molecule has 0 saturated carbocycles. The van der Waals surface area contributed by atoms with Crippen LogP contribution in [0.25, 0.3) is 236 Å². The number of halogens is 1. The molecule has 7 aromatic heterocycles. The van der Waals surface area contributed by atoms with Crippen molar-refractivity contribution in [2.75, 3.05) is 0 Å². The van der Waals surface area contributed by atoms with Crippen molar-refractivity contribution in [2.45, 2.75) is 19.3 Å². The number of para-hydroxylation sites is 5. The minimum atomic E-state index is -0.450. The van der Waals surface area contributed by atoms with E-state index in [-0.39, 0.29) is 11.4 Å². The molecule has 646 valence electrons. The van der Waals surface area contributed by atoms with Gasteiger partial charge in [0.05, 0.1) is 22.3 Å². The van der Waals surface area contributed by atoms with E-state index in [0.717, 1.165) is 147 Å². The van der Waals surface area contributed by atoms with Gasteiger partial charge >= 0.3 is 0 Å². The summed E-state index contributed by atoms with van der Waals surface area (Å²) in [5.41, 5.74) is 26.0. The zero-order chi connectivity index (χ0) is 91.1. The fourth-order valence-electron chi connectivity index (χ4n) is 18.6. The SMILES string of the molecule is Fc1ccc(-c2nc(-c3ccccc3)nc(-c3ccccc3)n2)cc1-c1nc(C2=CCCC=C2)nc(-c2ccccc2)n1.c1ccc(-c2nc(-c3ccccc3)nc(-c3ccc(-n4c5ccccc5c5c(-c6cccc7c6oc6ccccc67)cccc54)c(-c4nc(-c5ccccc5)nc(-c5ccccc5)n4)c3)n2)cc1.c1ccc2c(c1)Cc1cccc(-c3cccc4c3oc3ccccc34)c1-2. The molecule has 7 heterocycles. The van der Waals surface area contributed by atoms with Crippen LogP contribution in [0.3, 0.4) is 0 Å². The molecule has 0 fully saturated rings. The van der Waals surface area contributed by atoms with Gasteiger partial charge in [-0.2, -0.15) is 0 Å². The lowest BCUT2D eigenvalue weighted by Crippen LogP contribution is -2.05. The van der Waals surface area contributed by atoms with Gasteiger partial charge in [0, 0.05) is 105 Å². The van der Waals surface area contributed by atoms with E-state index in [4.69, 9.17) is 68.6 Å². The van der Waals surface area contributed by atoms with Crippen LogP contribution in [0.2, 0.25) is 0 Å². The summed E-state index contributed by atoms with van der Waals surface area (Å²) in [7, 11) is 0. The highest BCUT2D eigenvalue weighted by Crippen LogP contribution is 2.49. The number of hydrogen-bond acceptors (Lipinski definition) is 14. The summed E-state index contributed by atoms with van der Waals surface area (Å²) in [5.74, 6) is 5.55. The van der Waals surface area contributed by atoms with Gasteiger partial charge in [-0.25, -0.2) is 64.2 Å². The van der Waals surface area contributed by atoms with Crippen molar-refractivity contribution >= 4 is 71.3 Å². The molecular weight excluding hydrogens is 1690 g/mol. The first kappa shape index (κ1) is 81.8. The number of allylic oxidation sites excluding steroid dienone is 4. The van der Waals surface area contributed by atoms with Crippen LogP contribution in [0.15, 0.2) is 446 Å². The van der Waals surface area contributed by atoms with Crippen LogP contribution in [-0.4, -0.2) is 64.4 Å². The normalized spacial score (nSPS) is 12.1. The second-order valence-corrected chi connectivity index (χ2v) is 33.6. The van der Waals surface area contributed by atoms with E-state index < -0.39 is 5.82 Å². The molecule has 0 atom stereocenters. The van der Waals surface area contributed by atoms with Crippen molar-refractivity contribution in [3.05, 3.63) is 460 Å². The molecule has 17 aromatic carbocycles. The van der Waals surface area contributed by atoms with Gasteiger partial charge in [-0.05, 0) is 113 Å². The highest BCUT2D eigenvalue weighted by Gasteiger charge is 2.29. The van der Waals surface area contributed by atoms with Gasteiger partial charge in [0.25, 0.3) is 0 Å². The van der Waals surface area contributed by atoms with Crippen LogP contribution in [0.4, 0.5) is 4.39 Å². The van der Waals surface area contributed by atoms with Gasteiger partial charge < -0.3 is 13.4 Å². The predicted molar refractivity (Wildman–Crippen MR) is 547 cm³/mol. The van der Waals surface area contributed by atoms with Crippen LogP contribution in [0, 0.1) is 5.82 Å². The molecule has 24 aromatic rings. The highest BCUT2D eigenvalue weighted by molar-refractivity contribution is 6.20. The molecule has 0 aliphatic heterocycles. The summed E-state index contributed by atoms with van der Waals surface area (Å²) < 4.78 is 30.8. The average molecular weight is 1770 g/mol. The molecule has 137 heavy (non-hydrogen) atoms. The van der Waals surface area contributed by atoms with Crippen LogP contribution in [0.1, 0.15) is 29.8 Å². The summed E-state index contributed by atoms with van der Waals surface area (Å²) in [5, 5.41) is 6.74. The molecule has 15 nitrogen and oxygen atoms in total. The van der Waals surface area contributed by atoms with Crippen molar-refractivity contribution in [1.29, 1.82) is 0 Å². The first-order valence-electron chi connectivity index (χ1n) is 45.6. The van der Waals surface area contributed by atoms with Crippen molar-refractivity contribution < 1.29 is 13.2 Å². The van der Waals surface area contributed by atoms with E-state index >= 15 is 4.39 Å². The Bertz CT molecular complexity index is 8650. The Morgan fingerprint density at radius 1 is 0.234 bits per heavy atom. The van der Waals surface area contributed by atoms with Gasteiger partial charge in [0.2, 0.25) is 0 Å². The maximum absolute atomic E-state index is 15.6. The van der Waals surface area contributed by atoms with E-state index in [1.54, 1.807) is 12.1 Å². The Balaban J connectivity index is 0.000000125. The summed E-state index contributed by atoms with van der Waals surface area (Å²) >= 11 is 0. The van der Waals surface area contributed by atoms with Crippen molar-refractivity contribution in [2.24, 2.45) is 0 Å². The van der Waals surface area contributed by atoms with Gasteiger partial charge in [-0.15, -0.1) is 0 Å². The zero-order valence-electron chi connectivity index (χ0n) is 73.7. The lowest BCUT2D eigenvalue weighted by Gasteiger charge is -2.16. The van der Waals surface area contributed by atoms with Gasteiger partial charge in [-0.1, -0.05) is 376 Å². The van der Waals surface area contributed by atoms with Crippen molar-refractivity contribution in [3.8, 4) is 164 Å². The second-order valence-electron chi connectivity index (χ2n) is 33.6. The maximum Gasteiger partial charge on any atom is 0.167 e. The van der Waals surface area contributed by atoms with E-state index in [0.29, 0.717) is 69.6 Å². The fraction of sp³-hybridized carbons (Fsp3) is 0.0248. The Hall–Kier alpha value is -18.4. The standard InChI is InChI=1S/C60H37N7O.C36H25FN6.C25H16O/c1-5-19-38(20-6-1)55-61-56(39-21-7-2-8-22-39)64-59(63-55)42-35-36-50(48(37-42)60-65-57(40-23-9-3-10-24-40)62-58(66-60)41-25-11-4-12-26-41)67-49-32-15-13-28-47(49)53-44(29-18-33-51(53)67)46-31-17-30-45-43-27-14-16-34-52(43)68-54(45)46;37-30-22-21-28(35-40-31(24-13-5-1-6-14-24)38-32(41-35)25-15-7-2-8-16-25)23-29(30)36-42-33(26-17-9-3-10-18-26)39-34(43-36)27-19-11-4-12-20-27;1-2-9-18-16(7-1)15-17-8-5-11-20(24(17)18)22-13-6-12-21-19-10-3-4-14-23(19)26-25(21)22/h1-37H;1-3,5-11,13-23H,4,12H2;1-14H,15H2. The zero-order valence-corrected chi connectivity index (χ0v) is 73.7. The molecule has 0 N–H and O–H groups in total. The van der Waals surface area contributed by atoms with E-state index in [1.807, 2.05) is 243 Å². The third-order valence-electron chi connectivity index (χ3n) is 25.1. The number of furan rings is 2. The Morgan fingerprint density at radius 3 is 1.07 bits per heavy atom. The first-order chi connectivity index (χ1) is 67.8. The molecule has 0 bridgehead atoms. The van der Waals surface area contributed by atoms with E-state index in [2.05, 4.69) is 181 Å². The number of benzene rings is 17. The van der Waals surface area contributed by atoms with Crippen LogP contribution in [0.5, 0.6) is 0 Å². The van der Waals surface area contributed by atoms with Gasteiger partial charge in [0.1, 0.15) is 28.1 Å². The van der Waals surface area contributed by atoms with Gasteiger partial charge in [0.15, 0.2) is 69.9 Å². The number of nitrogens with zero attached hydrogens (tertiary/aromatic N) is 13. The average Bonchev–Trinajstić information content (AvgIpc) is 1.57. The molecule has 0 amide bonds. The van der Waals surface area contributed by atoms with Crippen LogP contribution < -0.4 is 0 Å². The molecular formula is C121H78FN13O2. The monoisotopic (exact) mass is 1760 g/mol. The molecule has 2 aliphatic rings. The van der Waals surface area contributed by atoms with Crippen molar-refractivity contribution in [3.63, 3.8) is 0 Å². The second kappa shape index (κ2) is 35.7. The summed E-state index contributed by atoms with van der Waals surface area (Å²) in [6.07, 6.45) is 9.07. The number of aromatic nitrogens is 13. The fourth-order valence-corrected chi connectivity index (χ4v) is 18.6. The maximum atomic E-state index is 15.6. The molecule has 26 rings (SSSR count). The summed E-state index contributed by atoms with van der Waals surface area (Å²) in [6.45, 7) is 0. The molecule has 0 spiro atoms. The lowest BCUT2D eigenvalue weighted by atomic mass is 9.93. The third-order valence-corrected chi connectivity index (χ3v) is 25.1. The summed E-state index contributed by atoms with van der Waals surface area (Å²) in [4.78, 5) is 59.6. The minimum absolute atomic E-state index is 0.238. The van der Waals surface area contributed by atoms with Crippen LogP contribution >= 0.6 is 0 Å². The van der Waals surface area contributed by atoms with E-state index in [1.165, 1.54) is 50.2 Å². The Morgan fingerprint density at radius 2 is 0.577 bits per heavy atom. The lowest BCUT2D eigenvalue weighted by molar-refractivity contribution is 0.630. The Labute approximate surface area is 786 Å². The number of rotatable bonds is 15. The topological polar surface area (TPSA) is 186 Å². The van der Waals surface area contributed by atoms with Crippen LogP contribution in [-0.2, 0) is 6.42 Å². The molecule has 0 radical (unpaired) electrons. The quantitative estimate of drug-likeness (QED) is 0.0943. The van der Waals surface area contributed by atoms with Crippen molar-refractivity contribution in [1.82, 2.24) is 64.4 Å². The first-order valence-corrected chi connectivity index (χ1v) is 45.6. The largest absolute Gasteiger partial charge is 0.455 e. The van der Waals surface area contributed by atoms with E-state index in [9.17, 15) is 0 Å². The molecule has 0 unspecified atom stereocenters. The Kier molecular flexibility index (Phi) is 21.3. The summed E-state index contributed by atoms with van der Waals surface area (Å²) in [6, 6.07) is 140. The highest BCUT2D eigenvalue weighted by atomic mass is 19.1. The smallest absolute Gasteiger partial charge is 0.167 e. The van der Waals surface area contributed by atoms with Gasteiger partial charge in [-0.3, -0.25) is 0 Å². The minimum Gasteiger partial charge on any atom is -0.455 e. The molecule has 0 saturated heterocycles. The third kappa shape index (κ3) is 15.8. The molecule has 2 aliphatic carbocycles. The number of hydrogen-bond donors (Lipinski definition) is 0.